The van der Waals surface area contributed by atoms with Crippen LogP contribution in [0.1, 0.15) is 17.2 Å². The number of hydrogen-bond donors (Lipinski definition) is 1. The van der Waals surface area contributed by atoms with Gasteiger partial charge in [0.25, 0.3) is 0 Å². The van der Waals surface area contributed by atoms with E-state index in [1.807, 2.05) is 0 Å². The fourth-order valence-corrected chi connectivity index (χ4v) is 3.87. The van der Waals surface area contributed by atoms with Crippen LogP contribution in [0.15, 0.2) is 41.3 Å². The van der Waals surface area contributed by atoms with Crippen molar-refractivity contribution in [1.29, 1.82) is 0 Å². The molecule has 1 N–H and O–H groups in total. The fraction of sp³-hybridized carbons (Fsp3) is 0.333. The molecule has 0 aromatic heterocycles. The maximum absolute atomic E-state index is 12.7. The molecule has 2 aromatic carbocycles. The molecule has 26 heavy (non-hydrogen) atoms. The second-order valence-corrected chi connectivity index (χ2v) is 8.28. The van der Waals surface area contributed by atoms with E-state index in [1.165, 1.54) is 33.4 Å². The van der Waals surface area contributed by atoms with Crippen LogP contribution in [0.3, 0.4) is 0 Å². The van der Waals surface area contributed by atoms with Gasteiger partial charge in [0.2, 0.25) is 10.0 Å². The summed E-state index contributed by atoms with van der Waals surface area (Å²) in [6, 6.07) is 9.49. The van der Waals surface area contributed by atoms with Crippen molar-refractivity contribution in [3.8, 4) is 11.5 Å². The molecule has 0 fully saturated rings. The van der Waals surface area contributed by atoms with Crippen molar-refractivity contribution in [3.05, 3.63) is 52.5 Å². The normalized spacial score (nSPS) is 12.9. The molecule has 1 atom stereocenters. The van der Waals surface area contributed by atoms with Gasteiger partial charge in [-0.15, -0.1) is 0 Å². The van der Waals surface area contributed by atoms with Gasteiger partial charge >= 0.3 is 0 Å². The van der Waals surface area contributed by atoms with Crippen molar-refractivity contribution in [1.82, 2.24) is 4.31 Å². The number of nitrogens with zero attached hydrogens (tertiary/aromatic N) is 1. The van der Waals surface area contributed by atoms with Crippen molar-refractivity contribution in [2.75, 3.05) is 27.8 Å². The number of methoxy groups -OCH3 is 2. The summed E-state index contributed by atoms with van der Waals surface area (Å²) in [7, 11) is 0.640. The predicted molar refractivity (Wildman–Crippen MR) is 101 cm³/mol. The first-order valence-corrected chi connectivity index (χ1v) is 9.65. The Hall–Kier alpha value is -1.80. The molecule has 0 aliphatic heterocycles. The Bertz CT molecular complexity index is 885. The SMILES string of the molecule is COc1ccc(C(O)CN(C)S(=O)(=O)c2ccc(C)c(Cl)c2)cc1OC. The van der Waals surface area contributed by atoms with Gasteiger partial charge in [-0.05, 0) is 42.3 Å². The van der Waals surface area contributed by atoms with Crippen LogP contribution in [0.25, 0.3) is 0 Å². The molecule has 0 heterocycles. The third kappa shape index (κ3) is 4.29. The maximum atomic E-state index is 12.7. The van der Waals surface area contributed by atoms with Gasteiger partial charge in [0.05, 0.1) is 25.2 Å². The molecule has 0 aliphatic rings. The number of aryl methyl sites for hydroxylation is 1. The van der Waals surface area contributed by atoms with Crippen molar-refractivity contribution in [2.24, 2.45) is 0 Å². The topological polar surface area (TPSA) is 76.1 Å². The van der Waals surface area contributed by atoms with Crippen LogP contribution in [-0.4, -0.2) is 45.6 Å². The molecule has 0 saturated carbocycles. The Labute approximate surface area is 159 Å². The average Bonchev–Trinajstić information content (AvgIpc) is 2.62. The average molecular weight is 400 g/mol. The van der Waals surface area contributed by atoms with Gasteiger partial charge in [0.1, 0.15) is 0 Å². The van der Waals surface area contributed by atoms with Gasteiger partial charge in [-0.3, -0.25) is 0 Å². The Kier molecular flexibility index (Phi) is 6.52. The lowest BCUT2D eigenvalue weighted by Crippen LogP contribution is -2.31. The number of ether oxygens (including phenoxy) is 2. The van der Waals surface area contributed by atoms with Gasteiger partial charge < -0.3 is 14.6 Å². The number of likely N-dealkylation sites (N-methyl/N-ethyl adjacent to an activating group) is 1. The first-order chi connectivity index (χ1) is 12.2. The van der Waals surface area contributed by atoms with Crippen LogP contribution in [0.2, 0.25) is 5.02 Å². The lowest BCUT2D eigenvalue weighted by atomic mass is 10.1. The molecule has 0 aliphatic carbocycles. The summed E-state index contributed by atoms with van der Waals surface area (Å²) >= 11 is 6.03. The molecular formula is C18H22ClNO5S. The summed E-state index contributed by atoms with van der Waals surface area (Å²) in [6.07, 6.45) is -1.03. The van der Waals surface area contributed by atoms with E-state index in [2.05, 4.69) is 0 Å². The zero-order valence-electron chi connectivity index (χ0n) is 15.1. The molecule has 1 unspecified atom stereocenters. The first-order valence-electron chi connectivity index (χ1n) is 7.83. The van der Waals surface area contributed by atoms with Gasteiger partial charge in [-0.2, -0.15) is 4.31 Å². The quantitative estimate of drug-likeness (QED) is 0.774. The highest BCUT2D eigenvalue weighted by molar-refractivity contribution is 7.89. The van der Waals surface area contributed by atoms with Crippen LogP contribution in [-0.2, 0) is 10.0 Å². The molecule has 0 spiro atoms. The molecule has 8 heteroatoms. The zero-order chi connectivity index (χ0) is 19.5. The number of aliphatic hydroxyl groups is 1. The Morgan fingerprint density at radius 2 is 1.77 bits per heavy atom. The summed E-state index contributed by atoms with van der Waals surface area (Å²) < 4.78 is 36.9. The Balaban J connectivity index is 2.22. The van der Waals surface area contributed by atoms with E-state index in [4.69, 9.17) is 21.1 Å². The van der Waals surface area contributed by atoms with Crippen molar-refractivity contribution in [3.63, 3.8) is 0 Å². The van der Waals surface area contributed by atoms with E-state index >= 15 is 0 Å². The van der Waals surface area contributed by atoms with E-state index in [1.54, 1.807) is 31.2 Å². The molecular weight excluding hydrogens is 378 g/mol. The molecule has 0 saturated heterocycles. The highest BCUT2D eigenvalue weighted by Crippen LogP contribution is 2.31. The van der Waals surface area contributed by atoms with Crippen molar-refractivity contribution < 1.29 is 23.0 Å². The summed E-state index contributed by atoms with van der Waals surface area (Å²) in [4.78, 5) is 0.0788. The largest absolute Gasteiger partial charge is 0.493 e. The van der Waals surface area contributed by atoms with E-state index in [0.717, 1.165) is 9.87 Å². The van der Waals surface area contributed by atoms with E-state index in [-0.39, 0.29) is 11.4 Å². The van der Waals surface area contributed by atoms with Crippen LogP contribution in [0.4, 0.5) is 0 Å². The van der Waals surface area contributed by atoms with Crippen molar-refractivity contribution in [2.45, 2.75) is 17.9 Å². The predicted octanol–water partition coefficient (Wildman–Crippen LogP) is 3.02. The number of benzene rings is 2. The van der Waals surface area contributed by atoms with E-state index < -0.39 is 16.1 Å². The minimum Gasteiger partial charge on any atom is -0.493 e. The number of aliphatic hydroxyl groups excluding tert-OH is 1. The molecule has 0 radical (unpaired) electrons. The minimum absolute atomic E-state index is 0.0788. The monoisotopic (exact) mass is 399 g/mol. The number of sulfonamides is 1. The lowest BCUT2D eigenvalue weighted by Gasteiger charge is -2.21. The molecule has 2 rings (SSSR count). The van der Waals surface area contributed by atoms with E-state index in [0.29, 0.717) is 22.1 Å². The molecule has 0 bridgehead atoms. The third-order valence-electron chi connectivity index (χ3n) is 4.07. The highest BCUT2D eigenvalue weighted by Gasteiger charge is 2.24. The van der Waals surface area contributed by atoms with Crippen LogP contribution in [0.5, 0.6) is 11.5 Å². The maximum Gasteiger partial charge on any atom is 0.242 e. The first kappa shape index (κ1) is 20.5. The Morgan fingerprint density at radius 1 is 1.12 bits per heavy atom. The molecule has 2 aromatic rings. The van der Waals surface area contributed by atoms with Crippen LogP contribution in [0, 0.1) is 6.92 Å². The van der Waals surface area contributed by atoms with Crippen LogP contribution < -0.4 is 9.47 Å². The fourth-order valence-electron chi connectivity index (χ4n) is 2.42. The van der Waals surface area contributed by atoms with Gasteiger partial charge in [-0.1, -0.05) is 23.7 Å². The number of halogens is 1. The molecule has 6 nitrogen and oxygen atoms in total. The standard InChI is InChI=1S/C18H22ClNO5S/c1-12-5-7-14(10-15(12)19)26(22,23)20(2)11-16(21)13-6-8-17(24-3)18(9-13)25-4/h5-10,16,21H,11H2,1-4H3. The smallest absolute Gasteiger partial charge is 0.242 e. The zero-order valence-corrected chi connectivity index (χ0v) is 16.6. The summed E-state index contributed by atoms with van der Waals surface area (Å²) in [5.41, 5.74) is 1.31. The third-order valence-corrected chi connectivity index (χ3v) is 6.30. The van der Waals surface area contributed by atoms with E-state index in [9.17, 15) is 13.5 Å². The lowest BCUT2D eigenvalue weighted by molar-refractivity contribution is 0.154. The Morgan fingerprint density at radius 3 is 2.35 bits per heavy atom. The highest BCUT2D eigenvalue weighted by atomic mass is 35.5. The van der Waals surface area contributed by atoms with Crippen molar-refractivity contribution >= 4 is 21.6 Å². The molecule has 142 valence electrons. The van der Waals surface area contributed by atoms with Crippen LogP contribution >= 0.6 is 11.6 Å². The summed E-state index contributed by atoms with van der Waals surface area (Å²) in [6.45, 7) is 1.67. The molecule has 0 amide bonds. The number of rotatable bonds is 7. The summed E-state index contributed by atoms with van der Waals surface area (Å²) in [5, 5.41) is 10.8. The van der Waals surface area contributed by atoms with Gasteiger partial charge in [0, 0.05) is 18.6 Å². The minimum atomic E-state index is -3.78. The van der Waals surface area contributed by atoms with Gasteiger partial charge in [-0.25, -0.2) is 8.42 Å². The second kappa shape index (κ2) is 8.26. The summed E-state index contributed by atoms with van der Waals surface area (Å²) in [5.74, 6) is 0.985. The number of hydrogen-bond acceptors (Lipinski definition) is 5. The van der Waals surface area contributed by atoms with Gasteiger partial charge in [0.15, 0.2) is 11.5 Å². The second-order valence-electron chi connectivity index (χ2n) is 5.83.